The van der Waals surface area contributed by atoms with E-state index in [0.29, 0.717) is 5.92 Å². The second kappa shape index (κ2) is 13.2. The van der Waals surface area contributed by atoms with E-state index < -0.39 is 0 Å². The highest BCUT2D eigenvalue weighted by Crippen LogP contribution is 2.48. The van der Waals surface area contributed by atoms with E-state index in [1.165, 1.54) is 83.2 Å². The molecule has 2 nitrogen and oxygen atoms in total. The Hall–Kier alpha value is -6.77. The summed E-state index contributed by atoms with van der Waals surface area (Å²) in [5.74, 6) is 1.65. The molecule has 1 unspecified atom stereocenters. The standard InChI is InChI=1S/C54H40N2/c1-35-25-31-43-40(33-35)15-12-22-45(43)53-47-20-8-7-19-46(47)52(44-21-11-14-37-13-5-6-18-42(37)44)48-32-30-39(34-49(48)53)36-26-28-38(29-27-36)54-55-50-23-9-10-24-51(50)56(54)41-16-3-2-4-17-41/h2-24,26-30,32,34-35H,25,31,33H2,1H3. The van der Waals surface area contributed by atoms with E-state index in [4.69, 9.17) is 4.98 Å². The second-order valence-corrected chi connectivity index (χ2v) is 15.5. The highest BCUT2D eigenvalue weighted by atomic mass is 15.1. The normalized spacial score (nSPS) is 14.1. The van der Waals surface area contributed by atoms with Crippen LogP contribution in [0.3, 0.4) is 0 Å². The van der Waals surface area contributed by atoms with E-state index in [1.54, 1.807) is 0 Å². The third-order valence-electron chi connectivity index (χ3n) is 12.1. The summed E-state index contributed by atoms with van der Waals surface area (Å²) in [5, 5.41) is 7.73. The maximum Gasteiger partial charge on any atom is 0.145 e. The zero-order valence-corrected chi connectivity index (χ0v) is 31.4. The van der Waals surface area contributed by atoms with Gasteiger partial charge in [-0.15, -0.1) is 0 Å². The molecule has 1 atom stereocenters. The van der Waals surface area contributed by atoms with Crippen LogP contribution in [-0.2, 0) is 12.8 Å². The molecule has 1 heterocycles. The first kappa shape index (κ1) is 32.6. The van der Waals surface area contributed by atoms with E-state index >= 15 is 0 Å². The van der Waals surface area contributed by atoms with Crippen LogP contribution in [0.1, 0.15) is 24.5 Å². The molecule has 2 heteroatoms. The lowest BCUT2D eigenvalue weighted by Gasteiger charge is -2.26. The van der Waals surface area contributed by atoms with E-state index in [1.807, 2.05) is 0 Å². The van der Waals surface area contributed by atoms with Crippen LogP contribution in [0.2, 0.25) is 0 Å². The van der Waals surface area contributed by atoms with Gasteiger partial charge < -0.3 is 0 Å². The van der Waals surface area contributed by atoms with Crippen molar-refractivity contribution in [2.45, 2.75) is 26.2 Å². The van der Waals surface area contributed by atoms with Gasteiger partial charge in [0.2, 0.25) is 0 Å². The number of imidazole rings is 1. The number of hydrogen-bond acceptors (Lipinski definition) is 1. The third kappa shape index (κ3) is 5.28. The number of fused-ring (bicyclic) bond motifs is 5. The van der Waals surface area contributed by atoms with Crippen molar-refractivity contribution in [3.8, 4) is 50.5 Å². The average Bonchev–Trinajstić information content (AvgIpc) is 3.65. The van der Waals surface area contributed by atoms with Gasteiger partial charge in [0, 0.05) is 11.3 Å². The van der Waals surface area contributed by atoms with Gasteiger partial charge in [-0.1, -0.05) is 159 Å². The largest absolute Gasteiger partial charge is 0.292 e. The summed E-state index contributed by atoms with van der Waals surface area (Å²) in [6.45, 7) is 2.40. The van der Waals surface area contributed by atoms with E-state index in [-0.39, 0.29) is 0 Å². The minimum absolute atomic E-state index is 0.707. The molecule has 11 rings (SSSR count). The first-order valence-corrected chi connectivity index (χ1v) is 19.9. The fourth-order valence-electron chi connectivity index (χ4n) is 9.48. The molecule has 0 saturated heterocycles. The molecule has 1 aliphatic carbocycles. The van der Waals surface area contributed by atoms with Crippen LogP contribution in [0.5, 0.6) is 0 Å². The van der Waals surface area contributed by atoms with E-state index in [0.717, 1.165) is 41.0 Å². The number of nitrogens with zero attached hydrogens (tertiary/aromatic N) is 2. The number of benzene rings is 9. The number of rotatable bonds is 5. The molecule has 0 N–H and O–H groups in total. The molecule has 0 spiro atoms. The van der Waals surface area contributed by atoms with Gasteiger partial charge in [0.05, 0.1) is 11.0 Å². The van der Waals surface area contributed by atoms with Crippen LogP contribution >= 0.6 is 0 Å². The molecule has 266 valence electrons. The number of para-hydroxylation sites is 3. The Bertz CT molecular complexity index is 3110. The van der Waals surface area contributed by atoms with Crippen LogP contribution in [-0.4, -0.2) is 9.55 Å². The van der Waals surface area contributed by atoms with Crippen LogP contribution < -0.4 is 0 Å². The minimum Gasteiger partial charge on any atom is -0.292 e. The molecular weight excluding hydrogens is 677 g/mol. The SMILES string of the molecule is CC1CCc2c(cccc2-c2c3ccccc3c(-c3cccc4ccccc34)c3ccc(-c4ccc(-c5nc6ccccc6n5-c5ccccc5)cc4)cc23)C1. The maximum atomic E-state index is 5.14. The topological polar surface area (TPSA) is 17.8 Å². The van der Waals surface area contributed by atoms with Crippen molar-refractivity contribution in [3.05, 3.63) is 193 Å². The molecule has 0 aliphatic heterocycles. The molecule has 10 aromatic rings. The van der Waals surface area contributed by atoms with Crippen LogP contribution in [0.15, 0.2) is 182 Å². The van der Waals surface area contributed by atoms with Crippen LogP contribution in [0, 0.1) is 5.92 Å². The van der Waals surface area contributed by atoms with Crippen LogP contribution in [0.25, 0.3) is 93.8 Å². The predicted octanol–water partition coefficient (Wildman–Crippen LogP) is 14.3. The zero-order valence-electron chi connectivity index (χ0n) is 31.4. The Morgan fingerprint density at radius 3 is 1.96 bits per heavy atom. The summed E-state index contributed by atoms with van der Waals surface area (Å²) in [7, 11) is 0. The molecule has 1 aromatic heterocycles. The van der Waals surface area contributed by atoms with Crippen molar-refractivity contribution in [1.29, 1.82) is 0 Å². The quantitative estimate of drug-likeness (QED) is 0.162. The lowest BCUT2D eigenvalue weighted by molar-refractivity contribution is 0.502. The van der Waals surface area contributed by atoms with Gasteiger partial charge in [-0.3, -0.25) is 4.57 Å². The van der Waals surface area contributed by atoms with Crippen molar-refractivity contribution in [3.63, 3.8) is 0 Å². The summed E-state index contributed by atoms with van der Waals surface area (Å²) >= 11 is 0. The summed E-state index contributed by atoms with van der Waals surface area (Å²) in [6, 6.07) is 66.8. The predicted molar refractivity (Wildman–Crippen MR) is 237 cm³/mol. The van der Waals surface area contributed by atoms with Gasteiger partial charge in [0.1, 0.15) is 5.82 Å². The molecule has 0 amide bonds. The number of hydrogen-bond donors (Lipinski definition) is 0. The highest BCUT2D eigenvalue weighted by molar-refractivity contribution is 6.24. The fourth-order valence-corrected chi connectivity index (χ4v) is 9.48. The average molecular weight is 717 g/mol. The van der Waals surface area contributed by atoms with Crippen molar-refractivity contribution in [1.82, 2.24) is 9.55 Å². The highest BCUT2D eigenvalue weighted by Gasteiger charge is 2.24. The zero-order chi connectivity index (χ0) is 37.2. The second-order valence-electron chi connectivity index (χ2n) is 15.5. The third-order valence-corrected chi connectivity index (χ3v) is 12.1. The van der Waals surface area contributed by atoms with Gasteiger partial charge >= 0.3 is 0 Å². The van der Waals surface area contributed by atoms with E-state index in [9.17, 15) is 0 Å². The fraction of sp³-hybridized carbons (Fsp3) is 0.0926. The van der Waals surface area contributed by atoms with Crippen LogP contribution in [0.4, 0.5) is 0 Å². The van der Waals surface area contributed by atoms with Crippen molar-refractivity contribution in [2.75, 3.05) is 0 Å². The Labute approximate surface area is 327 Å². The van der Waals surface area contributed by atoms with E-state index in [2.05, 4.69) is 193 Å². The molecular formula is C54H40N2. The lowest BCUT2D eigenvalue weighted by atomic mass is 9.78. The molecule has 56 heavy (non-hydrogen) atoms. The Morgan fingerprint density at radius 2 is 1.12 bits per heavy atom. The van der Waals surface area contributed by atoms with Crippen molar-refractivity contribution < 1.29 is 0 Å². The maximum absolute atomic E-state index is 5.14. The number of aromatic nitrogens is 2. The first-order valence-electron chi connectivity index (χ1n) is 19.9. The van der Waals surface area contributed by atoms with Gasteiger partial charge in [-0.05, 0) is 132 Å². The molecule has 0 bridgehead atoms. The molecule has 0 radical (unpaired) electrons. The van der Waals surface area contributed by atoms with Gasteiger partial charge in [0.25, 0.3) is 0 Å². The molecule has 0 saturated carbocycles. The van der Waals surface area contributed by atoms with Crippen molar-refractivity contribution in [2.24, 2.45) is 5.92 Å². The Morgan fingerprint density at radius 1 is 0.500 bits per heavy atom. The minimum atomic E-state index is 0.707. The van der Waals surface area contributed by atoms with Gasteiger partial charge in [0.15, 0.2) is 0 Å². The summed E-state index contributed by atoms with van der Waals surface area (Å²) in [6.07, 6.45) is 3.48. The van der Waals surface area contributed by atoms with Gasteiger partial charge in [-0.2, -0.15) is 0 Å². The first-order chi connectivity index (χ1) is 27.7. The summed E-state index contributed by atoms with van der Waals surface area (Å²) in [4.78, 5) is 5.14. The van der Waals surface area contributed by atoms with Crippen molar-refractivity contribution >= 4 is 43.4 Å². The molecule has 9 aromatic carbocycles. The Kier molecular flexibility index (Phi) is 7.70. The molecule has 1 aliphatic rings. The summed E-state index contributed by atoms with van der Waals surface area (Å²) in [5.41, 5.74) is 15.0. The molecule has 0 fully saturated rings. The smallest absolute Gasteiger partial charge is 0.145 e. The Balaban J connectivity index is 1.14. The summed E-state index contributed by atoms with van der Waals surface area (Å²) < 4.78 is 2.27. The van der Waals surface area contributed by atoms with Gasteiger partial charge in [-0.25, -0.2) is 4.98 Å². The monoisotopic (exact) mass is 716 g/mol. The lowest BCUT2D eigenvalue weighted by Crippen LogP contribution is -2.12.